The Morgan fingerprint density at radius 1 is 1.00 bits per heavy atom. The molecule has 0 aliphatic heterocycles. The summed E-state index contributed by atoms with van der Waals surface area (Å²) < 4.78 is 0. The fourth-order valence-corrected chi connectivity index (χ4v) is 0.985. The van der Waals surface area contributed by atoms with Gasteiger partial charge in [0.15, 0.2) is 0 Å². The Kier molecular flexibility index (Phi) is 4.90. The molecule has 0 aromatic carbocycles. The zero-order valence-electron chi connectivity index (χ0n) is 8.64. The van der Waals surface area contributed by atoms with Crippen LogP contribution in [0.1, 0.15) is 34.6 Å². The molecule has 0 saturated heterocycles. The first kappa shape index (κ1) is 11.4. The summed E-state index contributed by atoms with van der Waals surface area (Å²) in [5.74, 6) is 0.0682. The maximum atomic E-state index is 11.3. The van der Waals surface area contributed by atoms with Crippen molar-refractivity contribution in [1.82, 2.24) is 10.6 Å². The third-order valence-electron chi connectivity index (χ3n) is 1.41. The Hall–Kier alpha value is -0.570. The first-order valence-electron chi connectivity index (χ1n) is 4.50. The van der Waals surface area contributed by atoms with Gasteiger partial charge in [0.2, 0.25) is 5.91 Å². The van der Waals surface area contributed by atoms with E-state index in [2.05, 4.69) is 10.6 Å². The highest BCUT2D eigenvalue weighted by Crippen LogP contribution is 1.88. The third kappa shape index (κ3) is 5.13. The smallest absolute Gasteiger partial charge is 0.237 e. The second-order valence-electron chi connectivity index (χ2n) is 3.71. The monoisotopic (exact) mass is 172 g/mol. The van der Waals surface area contributed by atoms with Gasteiger partial charge in [-0.05, 0) is 20.8 Å². The van der Waals surface area contributed by atoms with Crippen molar-refractivity contribution >= 4 is 5.91 Å². The van der Waals surface area contributed by atoms with Crippen molar-refractivity contribution in [3.05, 3.63) is 0 Å². The molecule has 12 heavy (non-hydrogen) atoms. The highest BCUT2D eigenvalue weighted by Gasteiger charge is 2.13. The standard InChI is InChI=1S/C9H20N2O/c1-6(2)10-8(5)9(12)11-7(3)4/h6-8,10H,1-5H3,(H,11,12)/t8-/m1/s1. The minimum Gasteiger partial charge on any atom is -0.353 e. The van der Waals surface area contributed by atoms with Crippen LogP contribution >= 0.6 is 0 Å². The van der Waals surface area contributed by atoms with E-state index in [4.69, 9.17) is 0 Å². The van der Waals surface area contributed by atoms with E-state index in [9.17, 15) is 4.79 Å². The fourth-order valence-electron chi connectivity index (χ4n) is 0.985. The van der Waals surface area contributed by atoms with Gasteiger partial charge in [0.05, 0.1) is 6.04 Å². The molecule has 2 N–H and O–H groups in total. The van der Waals surface area contributed by atoms with Gasteiger partial charge in [-0.2, -0.15) is 0 Å². The van der Waals surface area contributed by atoms with Crippen LogP contribution in [0.25, 0.3) is 0 Å². The van der Waals surface area contributed by atoms with E-state index < -0.39 is 0 Å². The van der Waals surface area contributed by atoms with Gasteiger partial charge in [-0.1, -0.05) is 13.8 Å². The topological polar surface area (TPSA) is 41.1 Å². The summed E-state index contributed by atoms with van der Waals surface area (Å²) in [5.41, 5.74) is 0. The van der Waals surface area contributed by atoms with Crippen molar-refractivity contribution in [2.75, 3.05) is 0 Å². The van der Waals surface area contributed by atoms with E-state index in [1.165, 1.54) is 0 Å². The zero-order valence-corrected chi connectivity index (χ0v) is 8.64. The average molecular weight is 172 g/mol. The SMILES string of the molecule is CC(C)NC(=O)[C@@H](C)NC(C)C. The van der Waals surface area contributed by atoms with Gasteiger partial charge in [-0.3, -0.25) is 4.79 Å². The molecule has 0 spiro atoms. The lowest BCUT2D eigenvalue weighted by Crippen LogP contribution is -2.46. The van der Waals surface area contributed by atoms with E-state index in [1.54, 1.807) is 0 Å². The van der Waals surface area contributed by atoms with Gasteiger partial charge in [0.1, 0.15) is 0 Å². The molecule has 0 aliphatic rings. The minimum atomic E-state index is -0.104. The van der Waals surface area contributed by atoms with Gasteiger partial charge in [0, 0.05) is 12.1 Å². The number of hydrogen-bond donors (Lipinski definition) is 2. The van der Waals surface area contributed by atoms with Crippen LogP contribution in [0.15, 0.2) is 0 Å². The second kappa shape index (κ2) is 5.14. The molecule has 3 nitrogen and oxygen atoms in total. The first-order valence-corrected chi connectivity index (χ1v) is 4.50. The van der Waals surface area contributed by atoms with Crippen molar-refractivity contribution in [2.24, 2.45) is 0 Å². The van der Waals surface area contributed by atoms with E-state index in [1.807, 2.05) is 34.6 Å². The van der Waals surface area contributed by atoms with Crippen LogP contribution in [0, 0.1) is 0 Å². The van der Waals surface area contributed by atoms with E-state index in [-0.39, 0.29) is 18.0 Å². The molecular formula is C9H20N2O. The third-order valence-corrected chi connectivity index (χ3v) is 1.41. The molecule has 0 fully saturated rings. The van der Waals surface area contributed by atoms with Gasteiger partial charge in [0.25, 0.3) is 0 Å². The molecule has 0 aromatic rings. The molecule has 0 heterocycles. The second-order valence-corrected chi connectivity index (χ2v) is 3.71. The summed E-state index contributed by atoms with van der Waals surface area (Å²) in [7, 11) is 0. The van der Waals surface area contributed by atoms with Crippen LogP contribution < -0.4 is 10.6 Å². The molecule has 0 radical (unpaired) electrons. The molecule has 3 heteroatoms. The van der Waals surface area contributed by atoms with Crippen molar-refractivity contribution in [3.63, 3.8) is 0 Å². The van der Waals surface area contributed by atoms with Crippen molar-refractivity contribution in [1.29, 1.82) is 0 Å². The molecular weight excluding hydrogens is 152 g/mol. The van der Waals surface area contributed by atoms with Crippen LogP contribution in [-0.4, -0.2) is 24.0 Å². The van der Waals surface area contributed by atoms with E-state index in [0.29, 0.717) is 6.04 Å². The molecule has 0 aliphatic carbocycles. The van der Waals surface area contributed by atoms with Crippen LogP contribution in [0.2, 0.25) is 0 Å². The van der Waals surface area contributed by atoms with Crippen LogP contribution in [0.4, 0.5) is 0 Å². The molecule has 0 rings (SSSR count). The summed E-state index contributed by atoms with van der Waals surface area (Å²) in [6, 6.07) is 0.458. The predicted octanol–water partition coefficient (Wildman–Crippen LogP) is 0.897. The number of amides is 1. The Bertz CT molecular complexity index is 143. The lowest BCUT2D eigenvalue weighted by Gasteiger charge is -2.17. The molecule has 0 saturated carbocycles. The van der Waals surface area contributed by atoms with Crippen molar-refractivity contribution < 1.29 is 4.79 Å². The van der Waals surface area contributed by atoms with Crippen molar-refractivity contribution in [2.45, 2.75) is 52.7 Å². The molecule has 1 atom stereocenters. The lowest BCUT2D eigenvalue weighted by atomic mass is 10.2. The number of rotatable bonds is 4. The van der Waals surface area contributed by atoms with E-state index >= 15 is 0 Å². The fraction of sp³-hybridized carbons (Fsp3) is 0.889. The molecule has 0 bridgehead atoms. The molecule has 0 aromatic heterocycles. The highest BCUT2D eigenvalue weighted by atomic mass is 16.2. The summed E-state index contributed by atoms with van der Waals surface area (Å²) in [5, 5.41) is 5.98. The number of nitrogens with one attached hydrogen (secondary N) is 2. The lowest BCUT2D eigenvalue weighted by molar-refractivity contribution is -0.123. The number of carbonyl (C=O) groups is 1. The van der Waals surface area contributed by atoms with Crippen LogP contribution in [-0.2, 0) is 4.79 Å². The quantitative estimate of drug-likeness (QED) is 0.661. The molecule has 0 unspecified atom stereocenters. The Morgan fingerprint density at radius 2 is 1.50 bits per heavy atom. The molecule has 1 amide bonds. The zero-order chi connectivity index (χ0) is 9.72. The van der Waals surface area contributed by atoms with Crippen molar-refractivity contribution in [3.8, 4) is 0 Å². The maximum absolute atomic E-state index is 11.3. The minimum absolute atomic E-state index is 0.0682. The largest absolute Gasteiger partial charge is 0.353 e. The first-order chi connectivity index (χ1) is 5.43. The van der Waals surface area contributed by atoms with Gasteiger partial charge < -0.3 is 10.6 Å². The number of hydrogen-bond acceptors (Lipinski definition) is 2. The number of carbonyl (C=O) groups excluding carboxylic acids is 1. The Labute approximate surface area is 74.9 Å². The highest BCUT2D eigenvalue weighted by molar-refractivity contribution is 5.81. The van der Waals surface area contributed by atoms with Gasteiger partial charge in [-0.25, -0.2) is 0 Å². The average Bonchev–Trinajstić information content (AvgIpc) is 1.84. The van der Waals surface area contributed by atoms with Crippen LogP contribution in [0.5, 0.6) is 0 Å². The summed E-state index contributed by atoms with van der Waals surface area (Å²) in [6.45, 7) is 9.84. The normalized spacial score (nSPS) is 13.6. The van der Waals surface area contributed by atoms with Gasteiger partial charge in [-0.15, -0.1) is 0 Å². The Morgan fingerprint density at radius 3 is 1.83 bits per heavy atom. The maximum Gasteiger partial charge on any atom is 0.237 e. The summed E-state index contributed by atoms with van der Waals surface area (Å²) >= 11 is 0. The summed E-state index contributed by atoms with van der Waals surface area (Å²) in [4.78, 5) is 11.3. The predicted molar refractivity (Wildman–Crippen MR) is 51.0 cm³/mol. The van der Waals surface area contributed by atoms with E-state index in [0.717, 1.165) is 0 Å². The molecule has 72 valence electrons. The summed E-state index contributed by atoms with van der Waals surface area (Å²) in [6.07, 6.45) is 0. The van der Waals surface area contributed by atoms with Crippen LogP contribution in [0.3, 0.4) is 0 Å². The Balaban J connectivity index is 3.77. The van der Waals surface area contributed by atoms with Gasteiger partial charge >= 0.3 is 0 Å².